The van der Waals surface area contributed by atoms with Crippen molar-refractivity contribution < 1.29 is 4.39 Å². The standard InChI is InChI=1S/C25H25ClFN3S/c1-15(29-25-30-23-8-6-18(26)13-24(23)31-25)12-16-2-4-17(5-3-16)20-10-11-28-22-9-7-19(27)14-21(20)22/h6-11,13-17H,2-5,12H2,1H3,(H,29,30)/t15-,16?,17?/m1/s1. The lowest BCUT2D eigenvalue weighted by Crippen LogP contribution is -2.22. The summed E-state index contributed by atoms with van der Waals surface area (Å²) in [5.41, 5.74) is 3.13. The summed E-state index contributed by atoms with van der Waals surface area (Å²) in [6, 6.07) is 13.2. The van der Waals surface area contributed by atoms with Crippen LogP contribution in [0.4, 0.5) is 9.52 Å². The monoisotopic (exact) mass is 453 g/mol. The predicted molar refractivity (Wildman–Crippen MR) is 129 cm³/mol. The van der Waals surface area contributed by atoms with E-state index in [0.29, 0.717) is 17.9 Å². The van der Waals surface area contributed by atoms with Crippen LogP contribution in [-0.2, 0) is 0 Å². The number of anilines is 1. The average molecular weight is 454 g/mol. The Morgan fingerprint density at radius 2 is 1.90 bits per heavy atom. The van der Waals surface area contributed by atoms with Gasteiger partial charge in [0.15, 0.2) is 5.13 Å². The molecule has 2 aromatic carbocycles. The van der Waals surface area contributed by atoms with Crippen molar-refractivity contribution in [2.45, 2.75) is 51.0 Å². The molecule has 1 saturated carbocycles. The second-order valence-electron chi connectivity index (χ2n) is 8.69. The molecule has 1 atom stereocenters. The molecule has 0 amide bonds. The third kappa shape index (κ3) is 4.53. The summed E-state index contributed by atoms with van der Waals surface area (Å²) in [5, 5.41) is 6.26. The van der Waals surface area contributed by atoms with E-state index in [4.69, 9.17) is 11.6 Å². The van der Waals surface area contributed by atoms with Gasteiger partial charge < -0.3 is 5.32 Å². The molecule has 0 aliphatic heterocycles. The molecule has 31 heavy (non-hydrogen) atoms. The Morgan fingerprint density at radius 3 is 2.74 bits per heavy atom. The predicted octanol–water partition coefficient (Wildman–Crippen LogP) is 7.80. The molecule has 1 N–H and O–H groups in total. The molecule has 1 aliphatic rings. The van der Waals surface area contributed by atoms with E-state index < -0.39 is 0 Å². The summed E-state index contributed by atoms with van der Waals surface area (Å²) in [6.45, 7) is 2.24. The molecule has 0 unspecified atom stereocenters. The van der Waals surface area contributed by atoms with Crippen LogP contribution >= 0.6 is 22.9 Å². The van der Waals surface area contributed by atoms with Crippen LogP contribution in [0.25, 0.3) is 21.1 Å². The fourth-order valence-corrected chi connectivity index (χ4v) is 6.19. The number of nitrogens with zero attached hydrogens (tertiary/aromatic N) is 2. The number of benzene rings is 2. The zero-order valence-electron chi connectivity index (χ0n) is 17.4. The molecule has 1 fully saturated rings. The first kappa shape index (κ1) is 20.7. The van der Waals surface area contributed by atoms with Crippen molar-refractivity contribution in [1.82, 2.24) is 9.97 Å². The first-order chi connectivity index (χ1) is 15.0. The SMILES string of the molecule is C[C@H](CC1CCC(c2ccnc3ccc(F)cc23)CC1)Nc1nc2ccc(Cl)cc2s1. The summed E-state index contributed by atoms with van der Waals surface area (Å²) in [7, 11) is 0. The fraction of sp³-hybridized carbons (Fsp3) is 0.360. The van der Waals surface area contributed by atoms with E-state index >= 15 is 0 Å². The lowest BCUT2D eigenvalue weighted by Gasteiger charge is -2.31. The molecule has 0 saturated heterocycles. The molecule has 3 nitrogen and oxygen atoms in total. The fourth-order valence-electron chi connectivity index (χ4n) is 4.93. The maximum absolute atomic E-state index is 13.8. The van der Waals surface area contributed by atoms with Gasteiger partial charge in [0.25, 0.3) is 0 Å². The Hall–Kier alpha value is -2.24. The van der Waals surface area contributed by atoms with Gasteiger partial charge in [0.2, 0.25) is 0 Å². The number of pyridine rings is 1. The van der Waals surface area contributed by atoms with Gasteiger partial charge in [-0.1, -0.05) is 22.9 Å². The zero-order valence-corrected chi connectivity index (χ0v) is 19.0. The molecular weight excluding hydrogens is 429 g/mol. The number of fused-ring (bicyclic) bond motifs is 2. The van der Waals surface area contributed by atoms with Crippen LogP contribution in [0.1, 0.15) is 50.5 Å². The normalized spacial score (nSPS) is 20.2. The molecule has 6 heteroatoms. The number of halogens is 2. The maximum atomic E-state index is 13.8. The second-order valence-corrected chi connectivity index (χ2v) is 10.2. The number of nitrogens with one attached hydrogen (secondary N) is 1. The summed E-state index contributed by atoms with van der Waals surface area (Å²) >= 11 is 7.75. The Bertz CT molecular complexity index is 1220. The van der Waals surface area contributed by atoms with Crippen molar-refractivity contribution in [1.29, 1.82) is 0 Å². The number of rotatable bonds is 5. The lowest BCUT2D eigenvalue weighted by molar-refractivity contribution is 0.302. The molecule has 5 rings (SSSR count). The zero-order chi connectivity index (χ0) is 21.4. The van der Waals surface area contributed by atoms with Gasteiger partial charge in [-0.15, -0.1) is 0 Å². The molecule has 0 bridgehead atoms. The smallest absolute Gasteiger partial charge is 0.183 e. The van der Waals surface area contributed by atoms with Gasteiger partial charge in [-0.2, -0.15) is 0 Å². The highest BCUT2D eigenvalue weighted by molar-refractivity contribution is 7.22. The van der Waals surface area contributed by atoms with Crippen LogP contribution in [-0.4, -0.2) is 16.0 Å². The van der Waals surface area contributed by atoms with Crippen LogP contribution in [0.5, 0.6) is 0 Å². The number of hydrogen-bond donors (Lipinski definition) is 1. The summed E-state index contributed by atoms with van der Waals surface area (Å²) in [6.07, 6.45) is 7.68. The van der Waals surface area contributed by atoms with Crippen molar-refractivity contribution in [2.24, 2.45) is 5.92 Å². The van der Waals surface area contributed by atoms with E-state index in [2.05, 4.69) is 28.3 Å². The minimum atomic E-state index is -0.188. The molecule has 2 heterocycles. The van der Waals surface area contributed by atoms with Crippen LogP contribution in [0.15, 0.2) is 48.7 Å². The van der Waals surface area contributed by atoms with Crippen LogP contribution in [0, 0.1) is 11.7 Å². The van der Waals surface area contributed by atoms with Crippen molar-refractivity contribution in [3.63, 3.8) is 0 Å². The molecule has 4 aromatic rings. The number of aromatic nitrogens is 2. The average Bonchev–Trinajstić information content (AvgIpc) is 3.15. The molecule has 0 radical (unpaired) electrons. The Labute approximate surface area is 190 Å². The van der Waals surface area contributed by atoms with Gasteiger partial charge in [0, 0.05) is 22.6 Å². The van der Waals surface area contributed by atoms with E-state index in [9.17, 15) is 4.39 Å². The van der Waals surface area contributed by atoms with Gasteiger partial charge in [-0.25, -0.2) is 9.37 Å². The minimum Gasteiger partial charge on any atom is -0.359 e. The quantitative estimate of drug-likeness (QED) is 0.335. The third-order valence-electron chi connectivity index (χ3n) is 6.43. The van der Waals surface area contributed by atoms with Gasteiger partial charge in [-0.3, -0.25) is 4.98 Å². The van der Waals surface area contributed by atoms with E-state index in [1.165, 1.54) is 24.5 Å². The van der Waals surface area contributed by atoms with E-state index in [-0.39, 0.29) is 5.82 Å². The van der Waals surface area contributed by atoms with Crippen LogP contribution < -0.4 is 5.32 Å². The van der Waals surface area contributed by atoms with Crippen molar-refractivity contribution in [2.75, 3.05) is 5.32 Å². The largest absolute Gasteiger partial charge is 0.359 e. The highest BCUT2D eigenvalue weighted by atomic mass is 35.5. The Kier molecular flexibility index (Phi) is 5.81. The number of hydrogen-bond acceptors (Lipinski definition) is 4. The third-order valence-corrected chi connectivity index (χ3v) is 7.62. The highest BCUT2D eigenvalue weighted by Gasteiger charge is 2.25. The topological polar surface area (TPSA) is 37.8 Å². The Balaban J connectivity index is 1.20. The first-order valence-electron chi connectivity index (χ1n) is 10.9. The van der Waals surface area contributed by atoms with E-state index in [0.717, 1.165) is 50.5 Å². The van der Waals surface area contributed by atoms with Crippen LogP contribution in [0.2, 0.25) is 5.02 Å². The maximum Gasteiger partial charge on any atom is 0.183 e. The van der Waals surface area contributed by atoms with Gasteiger partial charge in [0.1, 0.15) is 5.82 Å². The summed E-state index contributed by atoms with van der Waals surface area (Å²) < 4.78 is 14.9. The second kappa shape index (κ2) is 8.71. The van der Waals surface area contributed by atoms with Crippen LogP contribution in [0.3, 0.4) is 0 Å². The van der Waals surface area contributed by atoms with E-state index in [1.54, 1.807) is 23.5 Å². The van der Waals surface area contributed by atoms with Crippen molar-refractivity contribution in [3.05, 3.63) is 65.1 Å². The van der Waals surface area contributed by atoms with Crippen molar-refractivity contribution in [3.8, 4) is 0 Å². The molecule has 2 aromatic heterocycles. The summed E-state index contributed by atoms with van der Waals surface area (Å²) in [5.74, 6) is 1.00. The lowest BCUT2D eigenvalue weighted by atomic mass is 9.76. The van der Waals surface area contributed by atoms with Crippen molar-refractivity contribution >= 4 is 49.2 Å². The molecular formula is C25H25ClFN3S. The van der Waals surface area contributed by atoms with Gasteiger partial charge in [-0.05, 0) is 98.9 Å². The number of thiazole rings is 1. The van der Waals surface area contributed by atoms with Gasteiger partial charge in [0.05, 0.1) is 15.7 Å². The molecule has 1 aliphatic carbocycles. The molecule has 0 spiro atoms. The molecule has 160 valence electrons. The minimum absolute atomic E-state index is 0.188. The Morgan fingerprint density at radius 1 is 1.10 bits per heavy atom. The van der Waals surface area contributed by atoms with Gasteiger partial charge >= 0.3 is 0 Å². The summed E-state index contributed by atoms with van der Waals surface area (Å²) in [4.78, 5) is 9.09. The first-order valence-corrected chi connectivity index (χ1v) is 12.1. The van der Waals surface area contributed by atoms with E-state index in [1.807, 2.05) is 24.4 Å². The highest BCUT2D eigenvalue weighted by Crippen LogP contribution is 2.40.